The van der Waals surface area contributed by atoms with Gasteiger partial charge >= 0.3 is 6.18 Å². The summed E-state index contributed by atoms with van der Waals surface area (Å²) in [5, 5.41) is 4.47. The molecule has 0 unspecified atom stereocenters. The lowest BCUT2D eigenvalue weighted by atomic mass is 10.1. The number of alkyl halides is 3. The van der Waals surface area contributed by atoms with Gasteiger partial charge in [-0.25, -0.2) is 4.98 Å². The Kier molecular flexibility index (Phi) is 4.65. The van der Waals surface area contributed by atoms with Crippen molar-refractivity contribution in [3.63, 3.8) is 0 Å². The monoisotopic (exact) mass is 423 g/mol. The van der Waals surface area contributed by atoms with Crippen LogP contribution in [-0.2, 0) is 6.18 Å². The number of nitrogens with one attached hydrogen (secondary N) is 1. The summed E-state index contributed by atoms with van der Waals surface area (Å²) >= 11 is 6.24. The number of nitrogen functional groups attached to an aromatic ring is 1. The molecule has 3 aromatic rings. The highest BCUT2D eigenvalue weighted by Gasteiger charge is 2.35. The van der Waals surface area contributed by atoms with Crippen molar-refractivity contribution in [2.24, 2.45) is 0 Å². The number of pyridine rings is 1. The van der Waals surface area contributed by atoms with Crippen molar-refractivity contribution < 1.29 is 13.2 Å². The largest absolute Gasteiger partial charge is 0.421 e. The molecule has 1 aromatic carbocycles. The molecule has 4 rings (SSSR count). The van der Waals surface area contributed by atoms with Crippen molar-refractivity contribution in [2.75, 3.05) is 11.1 Å². The lowest BCUT2D eigenvalue weighted by Crippen LogP contribution is -2.26. The topological polar surface area (TPSA) is 85.8 Å². The molecule has 3 N–H and O–H groups in total. The standard InChI is InChI=1S/C19H17ClF3N5O/c1-9(26-18-25-8-12(16(24)27-18)19(21,22)23)14-7-10-3-2-4-13(20)15(10)17(29)28(14)11-5-6-11/h2-4,7-9,11H,5-6H2,1H3,(H3,24,25,26,27)/t9-/m0/s1. The Morgan fingerprint density at radius 3 is 2.69 bits per heavy atom. The molecule has 152 valence electrons. The molecule has 0 spiro atoms. The van der Waals surface area contributed by atoms with Gasteiger partial charge < -0.3 is 15.6 Å². The molecule has 1 atom stereocenters. The van der Waals surface area contributed by atoms with E-state index in [4.69, 9.17) is 17.3 Å². The number of benzene rings is 1. The number of hydrogen-bond acceptors (Lipinski definition) is 5. The van der Waals surface area contributed by atoms with Gasteiger partial charge in [-0.15, -0.1) is 0 Å². The minimum Gasteiger partial charge on any atom is -0.383 e. The highest BCUT2D eigenvalue weighted by molar-refractivity contribution is 6.35. The third-order valence-corrected chi connectivity index (χ3v) is 5.20. The van der Waals surface area contributed by atoms with Crippen LogP contribution in [0.1, 0.15) is 43.1 Å². The minimum absolute atomic E-state index is 0.0519. The number of rotatable bonds is 4. The number of halogens is 4. The zero-order valence-corrected chi connectivity index (χ0v) is 16.1. The van der Waals surface area contributed by atoms with Gasteiger partial charge in [-0.05, 0) is 37.3 Å². The van der Waals surface area contributed by atoms with Crippen molar-refractivity contribution >= 4 is 34.1 Å². The van der Waals surface area contributed by atoms with Crippen LogP contribution in [0.5, 0.6) is 0 Å². The van der Waals surface area contributed by atoms with Gasteiger partial charge in [0.1, 0.15) is 11.4 Å². The van der Waals surface area contributed by atoms with Gasteiger partial charge in [0.15, 0.2) is 0 Å². The molecule has 10 heteroatoms. The fourth-order valence-electron chi connectivity index (χ4n) is 3.35. The Hall–Kier alpha value is -2.81. The number of hydrogen-bond donors (Lipinski definition) is 2. The quantitative estimate of drug-likeness (QED) is 0.642. The van der Waals surface area contributed by atoms with Crippen LogP contribution in [-0.4, -0.2) is 14.5 Å². The highest BCUT2D eigenvalue weighted by atomic mass is 35.5. The van der Waals surface area contributed by atoms with Crippen LogP contribution in [0.4, 0.5) is 24.9 Å². The Labute approximate surface area is 168 Å². The molecule has 0 radical (unpaired) electrons. The van der Waals surface area contributed by atoms with E-state index in [-0.39, 0.29) is 17.5 Å². The Morgan fingerprint density at radius 1 is 1.34 bits per heavy atom. The Balaban J connectivity index is 1.74. The summed E-state index contributed by atoms with van der Waals surface area (Å²) in [6.07, 6.45) is -2.23. The van der Waals surface area contributed by atoms with Gasteiger partial charge in [-0.2, -0.15) is 18.2 Å². The van der Waals surface area contributed by atoms with Gasteiger partial charge in [-0.3, -0.25) is 4.79 Å². The molecule has 6 nitrogen and oxygen atoms in total. The summed E-state index contributed by atoms with van der Waals surface area (Å²) in [4.78, 5) is 20.5. The van der Waals surface area contributed by atoms with E-state index in [1.165, 1.54) is 0 Å². The van der Waals surface area contributed by atoms with Crippen LogP contribution in [0, 0.1) is 0 Å². The van der Waals surface area contributed by atoms with Crippen LogP contribution in [0.2, 0.25) is 5.02 Å². The second kappa shape index (κ2) is 6.91. The summed E-state index contributed by atoms with van der Waals surface area (Å²) in [7, 11) is 0. The predicted molar refractivity (Wildman–Crippen MR) is 105 cm³/mol. The van der Waals surface area contributed by atoms with Crippen LogP contribution in [0.25, 0.3) is 10.8 Å². The lowest BCUT2D eigenvalue weighted by Gasteiger charge is -2.21. The summed E-state index contributed by atoms with van der Waals surface area (Å²) < 4.78 is 40.3. The van der Waals surface area contributed by atoms with Crippen molar-refractivity contribution in [2.45, 2.75) is 38.0 Å². The van der Waals surface area contributed by atoms with Crippen molar-refractivity contribution in [3.8, 4) is 0 Å². The summed E-state index contributed by atoms with van der Waals surface area (Å²) in [6, 6.07) is 6.69. The van der Waals surface area contributed by atoms with Crippen LogP contribution in [0.15, 0.2) is 35.3 Å². The first-order valence-corrected chi connectivity index (χ1v) is 9.34. The van der Waals surface area contributed by atoms with Gasteiger partial charge in [0.25, 0.3) is 5.56 Å². The van der Waals surface area contributed by atoms with E-state index >= 15 is 0 Å². The van der Waals surface area contributed by atoms with Crippen LogP contribution in [0.3, 0.4) is 0 Å². The summed E-state index contributed by atoms with van der Waals surface area (Å²) in [5.41, 5.74) is 4.84. The molecule has 29 heavy (non-hydrogen) atoms. The number of nitrogens with zero attached hydrogens (tertiary/aromatic N) is 3. The van der Waals surface area contributed by atoms with E-state index < -0.39 is 23.6 Å². The lowest BCUT2D eigenvalue weighted by molar-refractivity contribution is -0.137. The van der Waals surface area contributed by atoms with Crippen molar-refractivity contribution in [1.29, 1.82) is 0 Å². The zero-order valence-electron chi connectivity index (χ0n) is 15.3. The third kappa shape index (κ3) is 3.62. The molecule has 1 aliphatic carbocycles. The normalized spacial score (nSPS) is 15.5. The highest BCUT2D eigenvalue weighted by Crippen LogP contribution is 2.38. The summed E-state index contributed by atoms with van der Waals surface area (Å²) in [5.74, 6) is -0.712. The zero-order chi connectivity index (χ0) is 20.9. The van der Waals surface area contributed by atoms with Crippen molar-refractivity contribution in [1.82, 2.24) is 14.5 Å². The molecule has 0 bridgehead atoms. The molecule has 0 aliphatic heterocycles. The second-order valence-corrected chi connectivity index (χ2v) is 7.44. The maximum Gasteiger partial charge on any atom is 0.421 e. The van der Waals surface area contributed by atoms with Gasteiger partial charge in [0.2, 0.25) is 5.95 Å². The molecular formula is C19H17ClF3N5O. The van der Waals surface area contributed by atoms with Crippen LogP contribution >= 0.6 is 11.6 Å². The molecule has 0 saturated heterocycles. The molecule has 1 fully saturated rings. The SMILES string of the molecule is C[C@H](Nc1ncc(C(F)(F)F)c(N)n1)c1cc2cccc(Cl)c2c(=O)n1C1CC1. The molecular weight excluding hydrogens is 407 g/mol. The van der Waals surface area contributed by atoms with E-state index in [1.54, 1.807) is 29.7 Å². The van der Waals surface area contributed by atoms with E-state index in [0.29, 0.717) is 27.7 Å². The van der Waals surface area contributed by atoms with Gasteiger partial charge in [0.05, 0.1) is 16.5 Å². The molecule has 1 saturated carbocycles. The number of nitrogens with two attached hydrogens (primary N) is 1. The Morgan fingerprint density at radius 2 is 2.07 bits per heavy atom. The number of aromatic nitrogens is 3. The fraction of sp³-hybridized carbons (Fsp3) is 0.316. The maximum atomic E-state index is 13.1. The number of fused-ring (bicyclic) bond motifs is 1. The molecule has 1 aliphatic rings. The smallest absolute Gasteiger partial charge is 0.383 e. The van der Waals surface area contributed by atoms with E-state index in [1.807, 2.05) is 6.07 Å². The number of anilines is 2. The molecule has 2 heterocycles. The first-order chi connectivity index (χ1) is 13.7. The third-order valence-electron chi connectivity index (χ3n) is 4.88. The first-order valence-electron chi connectivity index (χ1n) is 8.96. The minimum atomic E-state index is -4.63. The fourth-order valence-corrected chi connectivity index (χ4v) is 3.61. The maximum absolute atomic E-state index is 13.1. The molecule has 2 aromatic heterocycles. The van der Waals surface area contributed by atoms with Gasteiger partial charge in [-0.1, -0.05) is 23.7 Å². The van der Waals surface area contributed by atoms with E-state index in [2.05, 4.69) is 15.3 Å². The Bertz CT molecular complexity index is 1160. The summed E-state index contributed by atoms with van der Waals surface area (Å²) in [6.45, 7) is 1.78. The van der Waals surface area contributed by atoms with Crippen molar-refractivity contribution in [3.05, 3.63) is 57.1 Å². The van der Waals surface area contributed by atoms with E-state index in [9.17, 15) is 18.0 Å². The predicted octanol–water partition coefficient (Wildman–Crippen LogP) is 4.55. The average molecular weight is 424 g/mol. The average Bonchev–Trinajstić information content (AvgIpc) is 3.45. The van der Waals surface area contributed by atoms with Crippen LogP contribution < -0.4 is 16.6 Å². The van der Waals surface area contributed by atoms with E-state index in [0.717, 1.165) is 12.8 Å². The first kappa shape index (κ1) is 19.5. The second-order valence-electron chi connectivity index (χ2n) is 7.04. The molecule has 0 amide bonds. The van der Waals surface area contributed by atoms with Gasteiger partial charge in [0, 0.05) is 17.9 Å².